The summed E-state index contributed by atoms with van der Waals surface area (Å²) in [5.41, 5.74) is 3.33. The molecule has 0 heterocycles. The second kappa shape index (κ2) is 9.03. The lowest BCUT2D eigenvalue weighted by molar-refractivity contribution is -0.120. The number of nitrogens with one attached hydrogen (secondary N) is 1. The van der Waals surface area contributed by atoms with E-state index in [0.29, 0.717) is 22.6 Å². The molecule has 0 radical (unpaired) electrons. The molecule has 0 saturated carbocycles. The summed E-state index contributed by atoms with van der Waals surface area (Å²) in [6, 6.07) is 13.1. The van der Waals surface area contributed by atoms with Crippen LogP contribution in [-0.2, 0) is 11.4 Å². The van der Waals surface area contributed by atoms with Gasteiger partial charge in [-0.3, -0.25) is 4.79 Å². The van der Waals surface area contributed by atoms with Crippen LogP contribution in [0.5, 0.6) is 11.5 Å². The Bertz CT molecular complexity index is 815. The second-order valence-corrected chi connectivity index (χ2v) is 4.92. The summed E-state index contributed by atoms with van der Waals surface area (Å²) < 4.78 is 24.5. The summed E-state index contributed by atoms with van der Waals surface area (Å²) in [4.78, 5) is 11.1. The van der Waals surface area contributed by atoms with E-state index in [1.165, 1.54) is 19.4 Å². The minimum atomic E-state index is -0.490. The van der Waals surface area contributed by atoms with Crippen LogP contribution in [0.15, 0.2) is 47.6 Å². The molecule has 0 bridgehead atoms. The van der Waals surface area contributed by atoms with E-state index in [2.05, 4.69) is 10.5 Å². The molecular weight excluding hydrogens is 325 g/mol. The summed E-state index contributed by atoms with van der Waals surface area (Å²) in [6.45, 7) is 0.0701. The zero-order valence-electron chi connectivity index (χ0n) is 13.5. The normalized spacial score (nSPS) is 10.3. The third-order valence-electron chi connectivity index (χ3n) is 3.17. The predicted octanol–water partition coefficient (Wildman–Crippen LogP) is 2.78. The Labute approximate surface area is 144 Å². The van der Waals surface area contributed by atoms with E-state index in [0.717, 1.165) is 0 Å². The highest BCUT2D eigenvalue weighted by Gasteiger charge is 2.07. The first-order valence-corrected chi connectivity index (χ1v) is 7.37. The molecule has 1 N–H and O–H groups in total. The van der Waals surface area contributed by atoms with Gasteiger partial charge in [0.05, 0.1) is 19.4 Å². The largest absolute Gasteiger partial charge is 0.493 e. The summed E-state index contributed by atoms with van der Waals surface area (Å²) >= 11 is 0. The highest BCUT2D eigenvalue weighted by atomic mass is 19.1. The molecule has 0 atom stereocenters. The lowest BCUT2D eigenvalue weighted by atomic mass is 10.2. The van der Waals surface area contributed by atoms with Crippen LogP contribution in [0.1, 0.15) is 17.5 Å². The highest BCUT2D eigenvalue weighted by Crippen LogP contribution is 2.28. The topological polar surface area (TPSA) is 83.7 Å². The Morgan fingerprint density at radius 1 is 1.32 bits per heavy atom. The first-order chi connectivity index (χ1) is 12.1. The zero-order valence-corrected chi connectivity index (χ0v) is 13.5. The summed E-state index contributed by atoms with van der Waals surface area (Å²) in [6.07, 6.45) is 1.15. The number of benzene rings is 2. The van der Waals surface area contributed by atoms with E-state index < -0.39 is 5.91 Å². The molecule has 6 nitrogen and oxygen atoms in total. The van der Waals surface area contributed by atoms with Gasteiger partial charge < -0.3 is 9.47 Å². The van der Waals surface area contributed by atoms with Crippen molar-refractivity contribution in [3.8, 4) is 17.6 Å². The van der Waals surface area contributed by atoms with Crippen molar-refractivity contribution < 1.29 is 18.7 Å². The van der Waals surface area contributed by atoms with Crippen LogP contribution in [0.3, 0.4) is 0 Å². The fraction of sp³-hybridized carbons (Fsp3) is 0.167. The third kappa shape index (κ3) is 5.32. The van der Waals surface area contributed by atoms with Gasteiger partial charge in [0.15, 0.2) is 11.5 Å². The molecule has 0 aromatic heterocycles. The Morgan fingerprint density at radius 3 is 2.84 bits per heavy atom. The predicted molar refractivity (Wildman–Crippen MR) is 89.7 cm³/mol. The molecule has 2 aromatic rings. The Kier molecular flexibility index (Phi) is 6.48. The number of nitriles is 1. The summed E-state index contributed by atoms with van der Waals surface area (Å²) in [5.74, 6) is 0.0777. The number of carbonyl (C=O) groups excluding carboxylic acids is 1. The van der Waals surface area contributed by atoms with Gasteiger partial charge in [-0.2, -0.15) is 10.4 Å². The van der Waals surface area contributed by atoms with Crippen LogP contribution in [0.4, 0.5) is 4.39 Å². The monoisotopic (exact) mass is 341 g/mol. The lowest BCUT2D eigenvalue weighted by Crippen LogP contribution is -2.16. The second-order valence-electron chi connectivity index (χ2n) is 4.92. The number of hydrogen-bond donors (Lipinski definition) is 1. The van der Waals surface area contributed by atoms with Crippen molar-refractivity contribution in [1.29, 1.82) is 5.26 Å². The molecule has 128 valence electrons. The number of rotatable bonds is 7. The van der Waals surface area contributed by atoms with Crippen molar-refractivity contribution in [1.82, 2.24) is 5.43 Å². The van der Waals surface area contributed by atoms with Gasteiger partial charge in [-0.15, -0.1) is 0 Å². The summed E-state index contributed by atoms with van der Waals surface area (Å²) in [5, 5.41) is 12.1. The van der Waals surface area contributed by atoms with Crippen molar-refractivity contribution in [2.24, 2.45) is 5.10 Å². The van der Waals surface area contributed by atoms with Gasteiger partial charge in [0.1, 0.15) is 18.8 Å². The van der Waals surface area contributed by atoms with Crippen LogP contribution >= 0.6 is 0 Å². The molecule has 1 amide bonds. The van der Waals surface area contributed by atoms with Crippen molar-refractivity contribution in [3.63, 3.8) is 0 Å². The van der Waals surface area contributed by atoms with Crippen LogP contribution < -0.4 is 14.9 Å². The maximum Gasteiger partial charge on any atom is 0.254 e. The average Bonchev–Trinajstić information content (AvgIpc) is 2.62. The van der Waals surface area contributed by atoms with Crippen LogP contribution in [0.2, 0.25) is 0 Å². The number of hydrazone groups is 1. The van der Waals surface area contributed by atoms with E-state index in [1.807, 2.05) is 0 Å². The molecule has 0 aliphatic heterocycles. The molecule has 7 heteroatoms. The molecule has 0 saturated heterocycles. The zero-order chi connectivity index (χ0) is 18.1. The van der Waals surface area contributed by atoms with Crippen molar-refractivity contribution in [2.45, 2.75) is 13.0 Å². The van der Waals surface area contributed by atoms with Gasteiger partial charge in [0.25, 0.3) is 5.91 Å². The number of ether oxygens (including phenoxy) is 2. The van der Waals surface area contributed by atoms with Gasteiger partial charge in [0.2, 0.25) is 0 Å². The first-order valence-electron chi connectivity index (χ1n) is 7.37. The van der Waals surface area contributed by atoms with Crippen LogP contribution in [0, 0.1) is 17.1 Å². The first kappa shape index (κ1) is 17.9. The molecule has 0 aliphatic carbocycles. The molecule has 0 fully saturated rings. The van der Waals surface area contributed by atoms with Gasteiger partial charge >= 0.3 is 0 Å². The van der Waals surface area contributed by atoms with Gasteiger partial charge in [-0.25, -0.2) is 9.82 Å². The van der Waals surface area contributed by atoms with E-state index in [4.69, 9.17) is 14.7 Å². The number of hydrogen-bond acceptors (Lipinski definition) is 5. The Morgan fingerprint density at radius 2 is 2.12 bits per heavy atom. The standard InChI is InChI=1S/C18H16FN3O3/c1-24-17-10-13(11-21-22-18(23)8-9-20)6-7-16(17)25-12-14-4-2-3-5-15(14)19/h2-7,10-11H,8,12H2,1H3,(H,22,23). The fourth-order valence-electron chi connectivity index (χ4n) is 1.94. The number of amides is 1. The maximum absolute atomic E-state index is 13.6. The average molecular weight is 341 g/mol. The molecule has 2 aromatic carbocycles. The number of carbonyl (C=O) groups is 1. The van der Waals surface area contributed by atoms with E-state index >= 15 is 0 Å². The van der Waals surface area contributed by atoms with E-state index in [9.17, 15) is 9.18 Å². The fourth-order valence-corrected chi connectivity index (χ4v) is 1.94. The van der Waals surface area contributed by atoms with Crippen molar-refractivity contribution in [2.75, 3.05) is 7.11 Å². The van der Waals surface area contributed by atoms with Crippen LogP contribution in [-0.4, -0.2) is 19.2 Å². The molecule has 2 rings (SSSR count). The van der Waals surface area contributed by atoms with Gasteiger partial charge in [-0.05, 0) is 29.8 Å². The molecule has 0 spiro atoms. The Hall–Kier alpha value is -3.40. The summed E-state index contributed by atoms with van der Waals surface area (Å²) in [7, 11) is 1.49. The third-order valence-corrected chi connectivity index (χ3v) is 3.17. The smallest absolute Gasteiger partial charge is 0.254 e. The number of methoxy groups -OCH3 is 1. The van der Waals surface area contributed by atoms with Crippen LogP contribution in [0.25, 0.3) is 0 Å². The van der Waals surface area contributed by atoms with Gasteiger partial charge in [0, 0.05) is 5.56 Å². The maximum atomic E-state index is 13.6. The quantitative estimate of drug-likeness (QED) is 0.620. The minimum absolute atomic E-state index is 0.0701. The molecule has 0 aliphatic rings. The molecule has 25 heavy (non-hydrogen) atoms. The van der Waals surface area contributed by atoms with Crippen molar-refractivity contribution in [3.05, 3.63) is 59.4 Å². The number of nitrogens with zero attached hydrogens (tertiary/aromatic N) is 2. The highest BCUT2D eigenvalue weighted by molar-refractivity contribution is 5.83. The van der Waals surface area contributed by atoms with Gasteiger partial charge in [-0.1, -0.05) is 18.2 Å². The van der Waals surface area contributed by atoms with Crippen molar-refractivity contribution >= 4 is 12.1 Å². The van der Waals surface area contributed by atoms with E-state index in [1.54, 1.807) is 42.5 Å². The lowest BCUT2D eigenvalue weighted by Gasteiger charge is -2.11. The molecular formula is C18H16FN3O3. The Balaban J connectivity index is 2.04. The van der Waals surface area contributed by atoms with E-state index in [-0.39, 0.29) is 18.8 Å². The minimum Gasteiger partial charge on any atom is -0.493 e. The SMILES string of the molecule is COc1cc(C=NNC(=O)CC#N)ccc1OCc1ccccc1F. The molecule has 0 unspecified atom stereocenters. The number of halogens is 1.